The second-order valence-electron chi connectivity index (χ2n) is 11.2. The predicted octanol–water partition coefficient (Wildman–Crippen LogP) is 6.56. The molecule has 1 saturated heterocycles. The van der Waals surface area contributed by atoms with Crippen LogP contribution in [0.25, 0.3) is 22.2 Å². The Kier molecular flexibility index (Phi) is 8.33. The maximum atomic E-state index is 12.9. The molecule has 1 amide bonds. The van der Waals surface area contributed by atoms with Gasteiger partial charge in [-0.2, -0.15) is 0 Å². The van der Waals surface area contributed by atoms with Crippen LogP contribution >= 0.6 is 0 Å². The minimum absolute atomic E-state index is 0.202. The van der Waals surface area contributed by atoms with Crippen LogP contribution in [0.15, 0.2) is 85.3 Å². The lowest BCUT2D eigenvalue weighted by molar-refractivity contribution is 0.0885. The lowest BCUT2D eigenvalue weighted by Crippen LogP contribution is -2.47. The number of carbonyl (C=O) groups is 1. The second-order valence-corrected chi connectivity index (χ2v) is 11.2. The minimum atomic E-state index is -0.202. The van der Waals surface area contributed by atoms with Gasteiger partial charge in [0.2, 0.25) is 5.95 Å². The van der Waals surface area contributed by atoms with Gasteiger partial charge in [-0.15, -0.1) is 0 Å². The molecule has 0 bridgehead atoms. The minimum Gasteiger partial charge on any atom is -0.457 e. The lowest BCUT2D eigenvalue weighted by atomic mass is 9.98. The maximum absolute atomic E-state index is 12.9. The molecule has 0 saturated carbocycles. The first-order chi connectivity index (χ1) is 20.9. The van der Waals surface area contributed by atoms with E-state index in [-0.39, 0.29) is 5.91 Å². The Morgan fingerprint density at radius 1 is 0.930 bits per heavy atom. The van der Waals surface area contributed by atoms with E-state index in [2.05, 4.69) is 51.5 Å². The smallest absolute Gasteiger partial charge is 0.270 e. The number of fused-ring (bicyclic) bond motifs is 1. The van der Waals surface area contributed by atoms with Gasteiger partial charge in [0.05, 0.1) is 11.0 Å². The number of carbonyl (C=O) groups excluding carboxylic acids is 1. The molecule has 0 aliphatic carbocycles. The largest absolute Gasteiger partial charge is 0.457 e. The van der Waals surface area contributed by atoms with Crippen LogP contribution in [0.4, 0.5) is 11.6 Å². The first kappa shape index (κ1) is 28.4. The van der Waals surface area contributed by atoms with Crippen LogP contribution in [0, 0.1) is 0 Å². The van der Waals surface area contributed by atoms with Crippen LogP contribution in [0.2, 0.25) is 0 Å². The molecule has 1 fully saturated rings. The Balaban J connectivity index is 1.11. The molecule has 3 aromatic heterocycles. The Morgan fingerprint density at radius 3 is 2.53 bits per heavy atom. The fraction of sp³-hybridized carbons (Fsp3) is 0.294. The Hall–Kier alpha value is -4.76. The number of amides is 1. The van der Waals surface area contributed by atoms with Gasteiger partial charge in [-0.3, -0.25) is 19.7 Å². The van der Waals surface area contributed by atoms with E-state index in [0.29, 0.717) is 35.8 Å². The predicted molar refractivity (Wildman–Crippen MR) is 170 cm³/mol. The Bertz CT molecular complexity index is 1710. The van der Waals surface area contributed by atoms with Gasteiger partial charge in [0.25, 0.3) is 5.91 Å². The highest BCUT2D eigenvalue weighted by atomic mass is 16.5. The van der Waals surface area contributed by atoms with E-state index in [1.54, 1.807) is 30.7 Å². The van der Waals surface area contributed by atoms with Crippen LogP contribution in [0.3, 0.4) is 0 Å². The number of likely N-dealkylation sites (tertiary alicyclic amines) is 1. The molecule has 6 rings (SSSR count). The van der Waals surface area contributed by atoms with E-state index in [0.717, 1.165) is 40.3 Å². The number of rotatable bonds is 9. The van der Waals surface area contributed by atoms with Crippen molar-refractivity contribution in [2.24, 2.45) is 7.05 Å². The molecule has 4 heterocycles. The molecule has 0 radical (unpaired) electrons. The second kappa shape index (κ2) is 12.6. The van der Waals surface area contributed by atoms with E-state index in [4.69, 9.17) is 9.72 Å². The zero-order valence-corrected chi connectivity index (χ0v) is 24.8. The van der Waals surface area contributed by atoms with Crippen LogP contribution in [0.1, 0.15) is 43.6 Å². The summed E-state index contributed by atoms with van der Waals surface area (Å²) in [4.78, 5) is 28.5. The maximum Gasteiger partial charge on any atom is 0.270 e. The van der Waals surface area contributed by atoms with E-state index in [1.165, 1.54) is 19.3 Å². The van der Waals surface area contributed by atoms with E-state index in [1.807, 2.05) is 54.1 Å². The average Bonchev–Trinajstić information content (AvgIpc) is 3.33. The lowest BCUT2D eigenvalue weighted by Gasteiger charge is -2.39. The molecule has 0 spiro atoms. The zero-order chi connectivity index (χ0) is 29.8. The van der Waals surface area contributed by atoms with Gasteiger partial charge < -0.3 is 19.9 Å². The van der Waals surface area contributed by atoms with Crippen molar-refractivity contribution in [3.63, 3.8) is 0 Å². The van der Waals surface area contributed by atoms with Crippen LogP contribution in [0.5, 0.6) is 11.5 Å². The number of imidazole rings is 1. The zero-order valence-electron chi connectivity index (χ0n) is 24.8. The van der Waals surface area contributed by atoms with Crippen molar-refractivity contribution in [2.45, 2.75) is 45.2 Å². The molecular weight excluding hydrogens is 538 g/mol. The molecule has 1 aliphatic rings. The summed E-state index contributed by atoms with van der Waals surface area (Å²) in [5, 5.41) is 6.47. The summed E-state index contributed by atoms with van der Waals surface area (Å²) in [5.41, 5.74) is 5.22. The third kappa shape index (κ3) is 6.52. The van der Waals surface area contributed by atoms with Gasteiger partial charge in [0.1, 0.15) is 17.2 Å². The fourth-order valence-electron chi connectivity index (χ4n) is 5.84. The first-order valence-electron chi connectivity index (χ1n) is 14.9. The summed E-state index contributed by atoms with van der Waals surface area (Å²) >= 11 is 0. The number of nitrogens with one attached hydrogen (secondary N) is 2. The molecule has 220 valence electrons. The summed E-state index contributed by atoms with van der Waals surface area (Å²) in [6, 6.07) is 22.5. The summed E-state index contributed by atoms with van der Waals surface area (Å²) < 4.78 is 8.15. The van der Waals surface area contributed by atoms with Crippen molar-refractivity contribution in [2.75, 3.05) is 18.4 Å². The number of ether oxygens (including phenoxy) is 1. The number of nitrogens with zero attached hydrogens (tertiary/aromatic N) is 5. The highest BCUT2D eigenvalue weighted by Gasteiger charge is 2.24. The Labute approximate surface area is 252 Å². The molecule has 1 aliphatic heterocycles. The molecule has 2 atom stereocenters. The molecule has 2 unspecified atom stereocenters. The number of pyridine rings is 2. The van der Waals surface area contributed by atoms with Gasteiger partial charge in [-0.25, -0.2) is 4.98 Å². The number of anilines is 2. The number of hydrogen-bond donors (Lipinski definition) is 2. The monoisotopic (exact) mass is 575 g/mol. The van der Waals surface area contributed by atoms with Gasteiger partial charge in [-0.05, 0) is 80.3 Å². The van der Waals surface area contributed by atoms with Crippen molar-refractivity contribution in [3.05, 3.63) is 91.0 Å². The number of benzene rings is 2. The van der Waals surface area contributed by atoms with E-state index >= 15 is 0 Å². The molecule has 2 N–H and O–H groups in total. The SMILES string of the molecule is CC1CCCC(C)N1CCNC(=O)c1cc(Oc2ccc3c(c2)nc(Nc2cccc(-c4ccncc4)c2)n3C)ccn1. The van der Waals surface area contributed by atoms with Crippen molar-refractivity contribution in [1.82, 2.24) is 29.7 Å². The van der Waals surface area contributed by atoms with Crippen LogP contribution in [-0.4, -0.2) is 55.5 Å². The summed E-state index contributed by atoms with van der Waals surface area (Å²) in [7, 11) is 1.98. The standard InChI is InChI=1S/C34H37N7O2/c1-23-6-4-7-24(2)41(23)19-18-37-33(42)31-22-29(14-17-36-31)43-28-10-11-32-30(21-28)39-34(40(32)3)38-27-9-5-8-26(20-27)25-12-15-35-16-13-25/h5,8-17,20-24H,4,6-7,18-19H2,1-3H3,(H,37,42)(H,38,39). The topological polar surface area (TPSA) is 97.2 Å². The third-order valence-electron chi connectivity index (χ3n) is 8.22. The highest BCUT2D eigenvalue weighted by molar-refractivity contribution is 5.92. The summed E-state index contributed by atoms with van der Waals surface area (Å²) in [6.07, 6.45) is 8.88. The first-order valence-corrected chi connectivity index (χ1v) is 14.9. The van der Waals surface area contributed by atoms with E-state index < -0.39 is 0 Å². The molecule has 9 nitrogen and oxygen atoms in total. The van der Waals surface area contributed by atoms with Crippen molar-refractivity contribution in [3.8, 4) is 22.6 Å². The van der Waals surface area contributed by atoms with Gasteiger partial charge in [0.15, 0.2) is 0 Å². The normalized spacial score (nSPS) is 17.1. The molecule has 9 heteroatoms. The van der Waals surface area contributed by atoms with Gasteiger partial charge >= 0.3 is 0 Å². The average molecular weight is 576 g/mol. The van der Waals surface area contributed by atoms with E-state index in [9.17, 15) is 4.79 Å². The fourth-order valence-corrected chi connectivity index (χ4v) is 5.84. The molecule has 43 heavy (non-hydrogen) atoms. The third-order valence-corrected chi connectivity index (χ3v) is 8.22. The molecular formula is C34H37N7O2. The summed E-state index contributed by atoms with van der Waals surface area (Å²) in [5.74, 6) is 1.68. The molecule has 2 aromatic carbocycles. The highest BCUT2D eigenvalue weighted by Crippen LogP contribution is 2.29. The van der Waals surface area contributed by atoms with Crippen molar-refractivity contribution in [1.29, 1.82) is 0 Å². The summed E-state index contributed by atoms with van der Waals surface area (Å²) in [6.45, 7) is 5.95. The van der Waals surface area contributed by atoms with Crippen molar-refractivity contribution >= 4 is 28.6 Å². The van der Waals surface area contributed by atoms with Crippen LogP contribution < -0.4 is 15.4 Å². The Morgan fingerprint density at radius 2 is 1.72 bits per heavy atom. The van der Waals surface area contributed by atoms with Gasteiger partial charge in [0, 0.05) is 68.6 Å². The van der Waals surface area contributed by atoms with Gasteiger partial charge in [-0.1, -0.05) is 18.6 Å². The van der Waals surface area contributed by atoms with Crippen molar-refractivity contribution < 1.29 is 9.53 Å². The number of aryl methyl sites for hydroxylation is 1. The molecule has 5 aromatic rings. The number of aromatic nitrogens is 4. The number of hydrogen-bond acceptors (Lipinski definition) is 7. The quantitative estimate of drug-likeness (QED) is 0.205. The number of piperidine rings is 1. The van der Waals surface area contributed by atoms with Crippen LogP contribution in [-0.2, 0) is 7.05 Å².